The first-order valence-corrected chi connectivity index (χ1v) is 12.7. The molecule has 1 aromatic heterocycles. The standard InChI is InChI=1S/C27H33N5O4S/c1-5-27(2,3)30-25(34)22(18-11-13-19(36-4)14-12-18)32(16-15-17-9-7-6-8-10-17)26(35)23-20(28)21(24(29)33)31-37-23/h6-14,22H,5,15-16,28H2,1-4H3,(H2,29,33)(H,30,34)/t22-/m1/s1. The maximum atomic E-state index is 14.0. The monoisotopic (exact) mass is 523 g/mol. The van der Waals surface area contributed by atoms with Crippen LogP contribution in [0.2, 0.25) is 0 Å². The third kappa shape index (κ3) is 6.65. The van der Waals surface area contributed by atoms with Crippen LogP contribution in [0.25, 0.3) is 0 Å². The molecule has 196 valence electrons. The molecule has 0 radical (unpaired) electrons. The van der Waals surface area contributed by atoms with Crippen LogP contribution in [0.1, 0.15) is 64.5 Å². The number of anilines is 1. The maximum Gasteiger partial charge on any atom is 0.270 e. The lowest BCUT2D eigenvalue weighted by molar-refractivity contribution is -0.127. The van der Waals surface area contributed by atoms with E-state index in [0.29, 0.717) is 24.2 Å². The van der Waals surface area contributed by atoms with E-state index in [0.717, 1.165) is 17.1 Å². The molecule has 0 saturated heterocycles. The van der Waals surface area contributed by atoms with Crippen molar-refractivity contribution in [2.24, 2.45) is 5.73 Å². The lowest BCUT2D eigenvalue weighted by Gasteiger charge is -2.34. The molecule has 0 saturated carbocycles. The van der Waals surface area contributed by atoms with Gasteiger partial charge in [0.25, 0.3) is 11.8 Å². The third-order valence-corrected chi connectivity index (χ3v) is 7.09. The van der Waals surface area contributed by atoms with Crippen LogP contribution in [-0.2, 0) is 11.2 Å². The number of amides is 3. The predicted octanol–water partition coefficient (Wildman–Crippen LogP) is 3.56. The second kappa shape index (κ2) is 11.9. The number of benzene rings is 2. The number of nitrogens with two attached hydrogens (primary N) is 2. The molecule has 9 nitrogen and oxygen atoms in total. The molecule has 3 rings (SSSR count). The number of aromatic nitrogens is 1. The number of nitrogens with zero attached hydrogens (tertiary/aromatic N) is 2. The Kier molecular flexibility index (Phi) is 8.88. The normalized spacial score (nSPS) is 12.0. The molecule has 1 atom stereocenters. The second-order valence-electron chi connectivity index (χ2n) is 9.27. The minimum atomic E-state index is -0.980. The summed E-state index contributed by atoms with van der Waals surface area (Å²) in [4.78, 5) is 41.0. The van der Waals surface area contributed by atoms with Crippen molar-refractivity contribution in [2.45, 2.75) is 45.2 Å². The first kappa shape index (κ1) is 27.7. The first-order valence-electron chi connectivity index (χ1n) is 11.9. The molecule has 0 fully saturated rings. The number of rotatable bonds is 11. The van der Waals surface area contributed by atoms with Gasteiger partial charge in [0.2, 0.25) is 5.91 Å². The molecule has 1 heterocycles. The Hall–Kier alpha value is -3.92. The van der Waals surface area contributed by atoms with Crippen LogP contribution in [0.3, 0.4) is 0 Å². The van der Waals surface area contributed by atoms with Crippen LogP contribution in [0, 0.1) is 0 Å². The highest BCUT2D eigenvalue weighted by atomic mass is 32.1. The van der Waals surface area contributed by atoms with Crippen molar-refractivity contribution in [3.63, 3.8) is 0 Å². The van der Waals surface area contributed by atoms with E-state index in [1.165, 1.54) is 4.90 Å². The smallest absolute Gasteiger partial charge is 0.270 e. The minimum absolute atomic E-state index is 0.0583. The van der Waals surface area contributed by atoms with Crippen LogP contribution < -0.4 is 21.5 Å². The van der Waals surface area contributed by atoms with Crippen LogP contribution in [0.4, 0.5) is 5.69 Å². The molecule has 5 N–H and O–H groups in total. The number of ether oxygens (including phenoxy) is 1. The van der Waals surface area contributed by atoms with Gasteiger partial charge >= 0.3 is 0 Å². The number of primary amides is 1. The van der Waals surface area contributed by atoms with Gasteiger partial charge in [0.1, 0.15) is 16.7 Å². The van der Waals surface area contributed by atoms with Gasteiger partial charge in [-0.05, 0) is 61.5 Å². The Balaban J connectivity index is 2.10. The largest absolute Gasteiger partial charge is 0.497 e. The molecular weight excluding hydrogens is 490 g/mol. The fourth-order valence-corrected chi connectivity index (χ4v) is 4.51. The Morgan fingerprint density at radius 2 is 1.76 bits per heavy atom. The molecule has 37 heavy (non-hydrogen) atoms. The highest BCUT2D eigenvalue weighted by molar-refractivity contribution is 7.09. The van der Waals surface area contributed by atoms with E-state index >= 15 is 0 Å². The molecule has 10 heteroatoms. The fraction of sp³-hybridized carbons (Fsp3) is 0.333. The van der Waals surface area contributed by atoms with E-state index in [9.17, 15) is 14.4 Å². The first-order chi connectivity index (χ1) is 17.6. The summed E-state index contributed by atoms with van der Waals surface area (Å²) in [6, 6.07) is 15.7. The molecule has 2 aromatic carbocycles. The quantitative estimate of drug-likeness (QED) is 0.351. The molecule has 0 unspecified atom stereocenters. The molecule has 3 amide bonds. The predicted molar refractivity (Wildman–Crippen MR) is 144 cm³/mol. The SMILES string of the molecule is CCC(C)(C)NC(=O)[C@@H](c1ccc(OC)cc1)N(CCc1ccccc1)C(=O)c1snc(C(N)=O)c1N. The molecule has 0 aliphatic rings. The topological polar surface area (TPSA) is 141 Å². The zero-order chi connectivity index (χ0) is 27.2. The molecule has 0 spiro atoms. The fourth-order valence-electron chi connectivity index (χ4n) is 3.75. The van der Waals surface area contributed by atoms with Gasteiger partial charge in [0, 0.05) is 12.1 Å². The van der Waals surface area contributed by atoms with Crippen LogP contribution in [0.15, 0.2) is 54.6 Å². The lowest BCUT2D eigenvalue weighted by Crippen LogP contribution is -2.50. The number of nitrogen functional groups attached to an aromatic ring is 1. The van der Waals surface area contributed by atoms with Gasteiger partial charge in [-0.25, -0.2) is 0 Å². The Morgan fingerprint density at radius 3 is 2.30 bits per heavy atom. The van der Waals surface area contributed by atoms with Crippen molar-refractivity contribution in [2.75, 3.05) is 19.4 Å². The summed E-state index contributed by atoms with van der Waals surface area (Å²) in [5.74, 6) is -1.05. The van der Waals surface area contributed by atoms with Crippen molar-refractivity contribution >= 4 is 34.9 Å². The molecule has 0 aliphatic heterocycles. The average Bonchev–Trinajstić information content (AvgIpc) is 3.28. The van der Waals surface area contributed by atoms with Crippen LogP contribution in [-0.4, -0.2) is 46.2 Å². The van der Waals surface area contributed by atoms with E-state index < -0.39 is 23.4 Å². The highest BCUT2D eigenvalue weighted by Crippen LogP contribution is 2.30. The van der Waals surface area contributed by atoms with Crippen molar-refractivity contribution < 1.29 is 19.1 Å². The van der Waals surface area contributed by atoms with Gasteiger partial charge in [-0.3, -0.25) is 14.4 Å². The Morgan fingerprint density at radius 1 is 1.11 bits per heavy atom. The summed E-state index contributed by atoms with van der Waals surface area (Å²) in [5, 5.41) is 3.07. The van der Waals surface area contributed by atoms with Gasteiger partial charge in [-0.2, -0.15) is 4.37 Å². The number of nitrogens with one attached hydrogen (secondary N) is 1. The molecule has 3 aromatic rings. The Labute approximate surface area is 221 Å². The van der Waals surface area contributed by atoms with Gasteiger partial charge in [-0.15, -0.1) is 0 Å². The van der Waals surface area contributed by atoms with Gasteiger partial charge in [0.15, 0.2) is 5.69 Å². The van der Waals surface area contributed by atoms with Gasteiger partial charge in [-0.1, -0.05) is 49.4 Å². The highest BCUT2D eigenvalue weighted by Gasteiger charge is 2.36. The van der Waals surface area contributed by atoms with E-state index in [1.807, 2.05) is 51.1 Å². The van der Waals surface area contributed by atoms with E-state index in [4.69, 9.17) is 16.2 Å². The van der Waals surface area contributed by atoms with Crippen LogP contribution >= 0.6 is 11.5 Å². The number of methoxy groups -OCH3 is 1. The van der Waals surface area contributed by atoms with Gasteiger partial charge < -0.3 is 26.4 Å². The van der Waals surface area contributed by atoms with Crippen molar-refractivity contribution in [3.05, 3.63) is 76.3 Å². The summed E-state index contributed by atoms with van der Waals surface area (Å²) in [5.41, 5.74) is 12.3. The van der Waals surface area contributed by atoms with E-state index in [1.54, 1.807) is 31.4 Å². The van der Waals surface area contributed by atoms with Crippen LogP contribution in [0.5, 0.6) is 5.75 Å². The number of hydrogen-bond donors (Lipinski definition) is 3. The summed E-state index contributed by atoms with van der Waals surface area (Å²) < 4.78 is 9.27. The Bertz CT molecular complexity index is 1240. The molecular formula is C27H33N5O4S. The van der Waals surface area contributed by atoms with Gasteiger partial charge in [0.05, 0.1) is 12.8 Å². The summed E-state index contributed by atoms with van der Waals surface area (Å²) in [6.45, 7) is 6.03. The minimum Gasteiger partial charge on any atom is -0.497 e. The lowest BCUT2D eigenvalue weighted by atomic mass is 9.98. The summed E-state index contributed by atoms with van der Waals surface area (Å²) >= 11 is 0.792. The summed E-state index contributed by atoms with van der Waals surface area (Å²) in [6.07, 6.45) is 1.18. The number of carbonyl (C=O) groups is 3. The zero-order valence-electron chi connectivity index (χ0n) is 21.5. The van der Waals surface area contributed by atoms with Crippen molar-refractivity contribution in [3.8, 4) is 5.75 Å². The van der Waals surface area contributed by atoms with Crippen molar-refractivity contribution in [1.82, 2.24) is 14.6 Å². The van der Waals surface area contributed by atoms with Crippen molar-refractivity contribution in [1.29, 1.82) is 0 Å². The zero-order valence-corrected chi connectivity index (χ0v) is 22.3. The second-order valence-corrected chi connectivity index (χ2v) is 10.0. The number of carbonyl (C=O) groups excluding carboxylic acids is 3. The van der Waals surface area contributed by atoms with E-state index in [-0.39, 0.29) is 28.7 Å². The average molecular weight is 524 g/mol. The third-order valence-electron chi connectivity index (χ3n) is 6.24. The number of hydrogen-bond acceptors (Lipinski definition) is 7. The summed E-state index contributed by atoms with van der Waals surface area (Å²) in [7, 11) is 1.56. The maximum absolute atomic E-state index is 14.0. The molecule has 0 aliphatic carbocycles. The molecule has 0 bridgehead atoms. The van der Waals surface area contributed by atoms with E-state index in [2.05, 4.69) is 9.69 Å².